The number of fused-ring (bicyclic) bond motifs is 1. The zero-order valence-electron chi connectivity index (χ0n) is 5.54. The van der Waals surface area contributed by atoms with Crippen molar-refractivity contribution in [3.63, 3.8) is 0 Å². The van der Waals surface area contributed by atoms with Gasteiger partial charge in [-0.1, -0.05) is 0 Å². The first-order valence-electron chi connectivity index (χ1n) is 3.25. The van der Waals surface area contributed by atoms with Gasteiger partial charge in [-0.3, -0.25) is 0 Å². The summed E-state index contributed by atoms with van der Waals surface area (Å²) in [6.07, 6.45) is 0. The van der Waals surface area contributed by atoms with Gasteiger partial charge in [0.2, 0.25) is 0 Å². The summed E-state index contributed by atoms with van der Waals surface area (Å²) >= 11 is -0.423. The van der Waals surface area contributed by atoms with Gasteiger partial charge in [0.25, 0.3) is 0 Å². The van der Waals surface area contributed by atoms with E-state index in [0.717, 1.165) is 0 Å². The molecular formula is C7H8S2Sn. The van der Waals surface area contributed by atoms with E-state index in [1.54, 1.807) is 10.5 Å². The van der Waals surface area contributed by atoms with E-state index in [0.29, 0.717) is 0 Å². The quantitative estimate of drug-likeness (QED) is 0.664. The summed E-state index contributed by atoms with van der Waals surface area (Å²) in [6.45, 7) is 0. The Labute approximate surface area is 76.3 Å². The van der Waals surface area contributed by atoms with Crippen molar-refractivity contribution in [1.29, 1.82) is 0 Å². The molecule has 0 nitrogen and oxygen atoms in total. The monoisotopic (exact) mass is 276 g/mol. The fourth-order valence-corrected chi connectivity index (χ4v) is 15.1. The number of hydrogen-bond donors (Lipinski definition) is 0. The molecule has 1 aliphatic heterocycles. The molecule has 1 aliphatic rings. The first-order valence-corrected chi connectivity index (χ1v) is 15.3. The Bertz CT molecular complexity index is 212. The number of rotatable bonds is 0. The van der Waals surface area contributed by atoms with Crippen molar-refractivity contribution in [3.8, 4) is 0 Å². The van der Waals surface area contributed by atoms with E-state index in [1.165, 1.54) is 5.75 Å². The molecule has 0 unspecified atom stereocenters. The Hall–Kier alpha value is 0.719. The Morgan fingerprint density at radius 1 is 1.30 bits per heavy atom. The van der Waals surface area contributed by atoms with Gasteiger partial charge < -0.3 is 0 Å². The van der Waals surface area contributed by atoms with Crippen LogP contribution in [0.4, 0.5) is 0 Å². The second kappa shape index (κ2) is 3.41. The van der Waals surface area contributed by atoms with Crippen molar-refractivity contribution in [2.75, 3.05) is 0 Å². The third-order valence-corrected chi connectivity index (χ3v) is 15.6. The normalized spacial score (nSPS) is 18.8. The molecule has 0 aromatic heterocycles. The minimum atomic E-state index is -0.423. The molecule has 0 radical (unpaired) electrons. The molecule has 0 atom stereocenters. The summed E-state index contributed by atoms with van der Waals surface area (Å²) < 4.78 is 0. The van der Waals surface area contributed by atoms with Gasteiger partial charge in [-0.15, -0.1) is 0 Å². The van der Waals surface area contributed by atoms with Gasteiger partial charge in [0, 0.05) is 0 Å². The van der Waals surface area contributed by atoms with Crippen LogP contribution in [0.2, 0.25) is 0 Å². The molecule has 1 heterocycles. The zero-order valence-corrected chi connectivity index (χ0v) is 11.2. The molecule has 1 aromatic carbocycles. The van der Waals surface area contributed by atoms with Gasteiger partial charge in [0.15, 0.2) is 0 Å². The predicted octanol–water partition coefficient (Wildman–Crippen LogP) is 2.02. The summed E-state index contributed by atoms with van der Waals surface area (Å²) in [5.41, 5.74) is 1.56. The standard InChI is InChI=1S/C7H8S2.Sn.2H/c8-5-6-3-1-2-4-7(6)9;;;/h1-4,8-9H,5H2;;;/q;+2;;/p-2. The summed E-state index contributed by atoms with van der Waals surface area (Å²) in [5, 5.41) is 0. The van der Waals surface area contributed by atoms with E-state index in [1.807, 2.05) is 0 Å². The van der Waals surface area contributed by atoms with Gasteiger partial charge in [-0.25, -0.2) is 0 Å². The van der Waals surface area contributed by atoms with Gasteiger partial charge in [0.05, 0.1) is 0 Å². The third kappa shape index (κ3) is 1.48. The van der Waals surface area contributed by atoms with Crippen molar-refractivity contribution >= 4 is 36.3 Å². The zero-order chi connectivity index (χ0) is 6.81. The topological polar surface area (TPSA) is 0 Å². The molecule has 0 spiro atoms. The summed E-state index contributed by atoms with van der Waals surface area (Å²) in [4.78, 5) is 1.57. The van der Waals surface area contributed by atoms with Crippen LogP contribution < -0.4 is 0 Å². The van der Waals surface area contributed by atoms with Crippen LogP contribution in [0.3, 0.4) is 0 Å². The van der Waals surface area contributed by atoms with E-state index in [2.05, 4.69) is 42.2 Å². The van der Waals surface area contributed by atoms with E-state index < -0.39 is 18.4 Å². The Morgan fingerprint density at radius 3 is 3.10 bits per heavy atom. The average Bonchev–Trinajstić information content (AvgIpc) is 2.05. The minimum absolute atomic E-state index is 0.423. The molecule has 10 heavy (non-hydrogen) atoms. The maximum atomic E-state index is 2.26. The fraction of sp³-hybridized carbons (Fsp3) is 0.143. The van der Waals surface area contributed by atoms with Crippen LogP contribution in [0, 0.1) is 0 Å². The third-order valence-electron chi connectivity index (χ3n) is 1.53. The van der Waals surface area contributed by atoms with Crippen LogP contribution in [0.15, 0.2) is 29.2 Å². The van der Waals surface area contributed by atoms with Crippen LogP contribution in [0.25, 0.3) is 0 Å². The van der Waals surface area contributed by atoms with Crippen molar-refractivity contribution in [2.24, 2.45) is 0 Å². The first-order chi connectivity index (χ1) is 4.97. The molecule has 0 N–H and O–H groups in total. The molecule has 1 aromatic rings. The van der Waals surface area contributed by atoms with Crippen molar-refractivity contribution < 1.29 is 0 Å². The molecule has 0 aliphatic carbocycles. The second-order valence-electron chi connectivity index (χ2n) is 2.22. The molecule has 2 rings (SSSR count). The summed E-state index contributed by atoms with van der Waals surface area (Å²) in [6, 6.07) is 8.80. The molecule has 52 valence electrons. The molecule has 0 fully saturated rings. The molecule has 0 bridgehead atoms. The van der Waals surface area contributed by atoms with Crippen molar-refractivity contribution in [3.05, 3.63) is 29.8 Å². The molecule has 0 saturated carbocycles. The maximum absolute atomic E-state index is 2.26. The molecular weight excluding hydrogens is 267 g/mol. The number of hydrogen-bond acceptors (Lipinski definition) is 2. The van der Waals surface area contributed by atoms with Crippen molar-refractivity contribution in [1.82, 2.24) is 0 Å². The fourth-order valence-electron chi connectivity index (χ4n) is 1.02. The van der Waals surface area contributed by atoms with Crippen LogP contribution in [-0.4, -0.2) is 18.4 Å². The van der Waals surface area contributed by atoms with E-state index >= 15 is 0 Å². The van der Waals surface area contributed by atoms with E-state index in [4.69, 9.17) is 0 Å². The Balaban J connectivity index is 2.41. The van der Waals surface area contributed by atoms with Crippen molar-refractivity contribution in [2.45, 2.75) is 10.6 Å². The molecule has 0 saturated heterocycles. The van der Waals surface area contributed by atoms with Gasteiger partial charge in [-0.05, 0) is 0 Å². The van der Waals surface area contributed by atoms with Gasteiger partial charge in [0.1, 0.15) is 0 Å². The first kappa shape index (κ1) is 7.37. The van der Waals surface area contributed by atoms with Gasteiger partial charge in [-0.2, -0.15) is 0 Å². The predicted molar refractivity (Wildman–Crippen MR) is 52.1 cm³/mol. The average molecular weight is 275 g/mol. The SMILES string of the molecule is c1ccc2c(c1)C[S][SnH2][S]2. The second-order valence-corrected chi connectivity index (χ2v) is 16.6. The van der Waals surface area contributed by atoms with Crippen LogP contribution in [0.5, 0.6) is 0 Å². The van der Waals surface area contributed by atoms with Crippen LogP contribution in [-0.2, 0) is 5.75 Å². The Morgan fingerprint density at radius 2 is 2.20 bits per heavy atom. The summed E-state index contributed by atoms with van der Waals surface area (Å²) in [7, 11) is 4.37. The van der Waals surface area contributed by atoms with E-state index in [-0.39, 0.29) is 0 Å². The number of benzene rings is 1. The van der Waals surface area contributed by atoms with Gasteiger partial charge >= 0.3 is 76.7 Å². The summed E-state index contributed by atoms with van der Waals surface area (Å²) in [5.74, 6) is 1.29. The Kier molecular flexibility index (Phi) is 2.51. The van der Waals surface area contributed by atoms with Crippen LogP contribution in [0.1, 0.15) is 5.56 Å². The molecule has 0 amide bonds. The van der Waals surface area contributed by atoms with Crippen LogP contribution >= 0.6 is 17.9 Å². The van der Waals surface area contributed by atoms with E-state index in [9.17, 15) is 0 Å². The molecule has 3 heteroatoms.